The number of hydrogen-bond acceptors (Lipinski definition) is 3. The number of amides is 1. The molecule has 0 aromatic carbocycles. The van der Waals surface area contributed by atoms with Crippen molar-refractivity contribution in [2.75, 3.05) is 0 Å². The summed E-state index contributed by atoms with van der Waals surface area (Å²) in [6, 6.07) is 0.166. The molecule has 0 saturated heterocycles. The minimum Gasteiger partial charge on any atom is -0.444 e. The first kappa shape index (κ1) is 12.3. The summed E-state index contributed by atoms with van der Waals surface area (Å²) in [7, 11) is 0. The average Bonchev–Trinajstić information content (AvgIpc) is 1.91. The van der Waals surface area contributed by atoms with Crippen molar-refractivity contribution >= 4 is 6.09 Å². The van der Waals surface area contributed by atoms with E-state index in [-0.39, 0.29) is 18.2 Å². The summed E-state index contributed by atoms with van der Waals surface area (Å²) in [5.41, 5.74) is -0.447. The van der Waals surface area contributed by atoms with Gasteiger partial charge in [0.05, 0.1) is 6.10 Å². The molecule has 0 radical (unpaired) electrons. The van der Waals surface area contributed by atoms with Crippen molar-refractivity contribution in [2.24, 2.45) is 5.92 Å². The number of carbonyl (C=O) groups is 1. The standard InChI is InChI=1S/C11H21NO3/c1-7(13)8-5-9(6-8)12-10(14)15-11(2,3)4/h7-9,13H,5-6H2,1-4H3,(H,12,14)/t7-,8?,9?/m0/s1. The first-order valence-corrected chi connectivity index (χ1v) is 5.45. The maximum atomic E-state index is 11.3. The number of carbonyl (C=O) groups excluding carboxylic acids is 1. The number of aliphatic hydroxyl groups excluding tert-OH is 1. The van der Waals surface area contributed by atoms with Crippen molar-refractivity contribution in [3.63, 3.8) is 0 Å². The molecule has 4 heteroatoms. The van der Waals surface area contributed by atoms with Crippen LogP contribution >= 0.6 is 0 Å². The van der Waals surface area contributed by atoms with Gasteiger partial charge >= 0.3 is 6.09 Å². The second-order valence-electron chi connectivity index (χ2n) is 5.32. The molecule has 1 saturated carbocycles. The normalized spacial score (nSPS) is 27.8. The molecule has 0 aromatic heterocycles. The summed E-state index contributed by atoms with van der Waals surface area (Å²) in [5, 5.41) is 12.1. The van der Waals surface area contributed by atoms with Crippen LogP contribution in [0, 0.1) is 5.92 Å². The number of alkyl carbamates (subject to hydrolysis) is 1. The molecular weight excluding hydrogens is 194 g/mol. The molecule has 0 unspecified atom stereocenters. The van der Waals surface area contributed by atoms with Crippen LogP contribution in [0.4, 0.5) is 4.79 Å². The monoisotopic (exact) mass is 215 g/mol. The second-order valence-corrected chi connectivity index (χ2v) is 5.32. The van der Waals surface area contributed by atoms with Crippen LogP contribution in [0.2, 0.25) is 0 Å². The van der Waals surface area contributed by atoms with E-state index >= 15 is 0 Å². The lowest BCUT2D eigenvalue weighted by atomic mass is 9.77. The van der Waals surface area contributed by atoms with E-state index in [9.17, 15) is 9.90 Å². The lowest BCUT2D eigenvalue weighted by Crippen LogP contribution is -2.48. The van der Waals surface area contributed by atoms with E-state index in [4.69, 9.17) is 4.74 Å². The molecule has 0 heterocycles. The maximum Gasteiger partial charge on any atom is 0.407 e. The summed E-state index contributed by atoms with van der Waals surface area (Å²) < 4.78 is 5.13. The SMILES string of the molecule is C[C@H](O)C1CC(NC(=O)OC(C)(C)C)C1. The fourth-order valence-electron chi connectivity index (χ4n) is 1.65. The fourth-order valence-corrected chi connectivity index (χ4v) is 1.65. The molecule has 88 valence electrons. The van der Waals surface area contributed by atoms with Crippen LogP contribution in [-0.2, 0) is 4.74 Å². The number of aliphatic hydroxyl groups is 1. The van der Waals surface area contributed by atoms with Gasteiger partial charge in [0, 0.05) is 6.04 Å². The van der Waals surface area contributed by atoms with Gasteiger partial charge < -0.3 is 15.2 Å². The Hall–Kier alpha value is -0.770. The highest BCUT2D eigenvalue weighted by atomic mass is 16.6. The summed E-state index contributed by atoms with van der Waals surface area (Å²) in [6.07, 6.45) is 1.05. The molecule has 0 aliphatic heterocycles. The molecule has 1 aliphatic rings. The first-order chi connectivity index (χ1) is 6.78. The fraction of sp³-hybridized carbons (Fsp3) is 0.909. The van der Waals surface area contributed by atoms with Crippen molar-refractivity contribution in [3.05, 3.63) is 0 Å². The topological polar surface area (TPSA) is 58.6 Å². The lowest BCUT2D eigenvalue weighted by Gasteiger charge is -2.37. The van der Waals surface area contributed by atoms with Crippen LogP contribution in [0.3, 0.4) is 0 Å². The van der Waals surface area contributed by atoms with Crippen LogP contribution in [0.25, 0.3) is 0 Å². The Morgan fingerprint density at radius 3 is 2.40 bits per heavy atom. The minimum absolute atomic E-state index is 0.166. The number of ether oxygens (including phenoxy) is 1. The van der Waals surface area contributed by atoms with Crippen LogP contribution < -0.4 is 5.32 Å². The third-order valence-corrected chi connectivity index (χ3v) is 2.58. The molecule has 1 amide bonds. The summed E-state index contributed by atoms with van der Waals surface area (Å²) in [6.45, 7) is 7.30. The molecule has 4 nitrogen and oxygen atoms in total. The van der Waals surface area contributed by atoms with Gasteiger partial charge in [-0.15, -0.1) is 0 Å². The van der Waals surface area contributed by atoms with Crippen molar-refractivity contribution in [2.45, 2.75) is 58.3 Å². The number of rotatable bonds is 2. The predicted molar refractivity (Wildman–Crippen MR) is 57.6 cm³/mol. The second kappa shape index (κ2) is 4.39. The molecule has 0 spiro atoms. The number of hydrogen-bond donors (Lipinski definition) is 2. The van der Waals surface area contributed by atoms with Gasteiger partial charge in [0.25, 0.3) is 0 Å². The largest absolute Gasteiger partial charge is 0.444 e. The molecule has 1 rings (SSSR count). The van der Waals surface area contributed by atoms with E-state index in [1.807, 2.05) is 20.8 Å². The molecule has 15 heavy (non-hydrogen) atoms. The van der Waals surface area contributed by atoms with Gasteiger partial charge in [0.15, 0.2) is 0 Å². The summed E-state index contributed by atoms with van der Waals surface area (Å²) >= 11 is 0. The van der Waals surface area contributed by atoms with E-state index in [0.29, 0.717) is 5.92 Å². The van der Waals surface area contributed by atoms with Gasteiger partial charge in [0.2, 0.25) is 0 Å². The van der Waals surface area contributed by atoms with Gasteiger partial charge in [-0.1, -0.05) is 0 Å². The zero-order valence-corrected chi connectivity index (χ0v) is 9.91. The van der Waals surface area contributed by atoms with Gasteiger partial charge in [-0.05, 0) is 46.5 Å². The van der Waals surface area contributed by atoms with Crippen LogP contribution in [0.1, 0.15) is 40.5 Å². The molecule has 1 aliphatic carbocycles. The van der Waals surface area contributed by atoms with Gasteiger partial charge in [-0.2, -0.15) is 0 Å². The van der Waals surface area contributed by atoms with E-state index in [1.54, 1.807) is 6.92 Å². The molecule has 0 aromatic rings. The Kier molecular flexibility index (Phi) is 3.60. The van der Waals surface area contributed by atoms with Crippen molar-refractivity contribution in [3.8, 4) is 0 Å². The third kappa shape index (κ3) is 4.08. The van der Waals surface area contributed by atoms with E-state index < -0.39 is 5.60 Å². The van der Waals surface area contributed by atoms with E-state index in [0.717, 1.165) is 12.8 Å². The highest BCUT2D eigenvalue weighted by Gasteiger charge is 2.34. The first-order valence-electron chi connectivity index (χ1n) is 5.45. The average molecular weight is 215 g/mol. The Balaban J connectivity index is 2.19. The highest BCUT2D eigenvalue weighted by molar-refractivity contribution is 5.68. The zero-order valence-electron chi connectivity index (χ0n) is 9.91. The summed E-state index contributed by atoms with van der Waals surface area (Å²) in [4.78, 5) is 11.3. The lowest BCUT2D eigenvalue weighted by molar-refractivity contribution is 0.0293. The van der Waals surface area contributed by atoms with Crippen LogP contribution in [-0.4, -0.2) is 28.9 Å². The quantitative estimate of drug-likeness (QED) is 0.736. The molecule has 0 bridgehead atoms. The Labute approximate surface area is 91.0 Å². The van der Waals surface area contributed by atoms with Crippen molar-refractivity contribution in [1.82, 2.24) is 5.32 Å². The molecular formula is C11H21NO3. The van der Waals surface area contributed by atoms with E-state index in [1.165, 1.54) is 0 Å². The van der Waals surface area contributed by atoms with Crippen LogP contribution in [0.5, 0.6) is 0 Å². The molecule has 2 N–H and O–H groups in total. The van der Waals surface area contributed by atoms with Crippen molar-refractivity contribution < 1.29 is 14.6 Å². The molecule has 1 fully saturated rings. The Morgan fingerprint density at radius 2 is 2.00 bits per heavy atom. The highest BCUT2D eigenvalue weighted by Crippen LogP contribution is 2.30. The minimum atomic E-state index is -0.447. The van der Waals surface area contributed by atoms with E-state index in [2.05, 4.69) is 5.32 Å². The molecule has 1 atom stereocenters. The van der Waals surface area contributed by atoms with Gasteiger partial charge in [-0.3, -0.25) is 0 Å². The zero-order chi connectivity index (χ0) is 11.6. The maximum absolute atomic E-state index is 11.3. The van der Waals surface area contributed by atoms with Gasteiger partial charge in [-0.25, -0.2) is 4.79 Å². The smallest absolute Gasteiger partial charge is 0.407 e. The third-order valence-electron chi connectivity index (χ3n) is 2.58. The van der Waals surface area contributed by atoms with Crippen molar-refractivity contribution in [1.29, 1.82) is 0 Å². The Bertz CT molecular complexity index is 226. The van der Waals surface area contributed by atoms with Crippen LogP contribution in [0.15, 0.2) is 0 Å². The van der Waals surface area contributed by atoms with Gasteiger partial charge in [0.1, 0.15) is 5.60 Å². The number of nitrogens with one attached hydrogen (secondary N) is 1. The Morgan fingerprint density at radius 1 is 1.47 bits per heavy atom. The summed E-state index contributed by atoms with van der Waals surface area (Å²) in [5.74, 6) is 0.324. The predicted octanol–water partition coefficient (Wildman–Crippen LogP) is 1.67.